The van der Waals surface area contributed by atoms with Crippen molar-refractivity contribution in [3.05, 3.63) is 59.5 Å². The van der Waals surface area contributed by atoms with Crippen molar-refractivity contribution >= 4 is 10.0 Å². The molecule has 3 aromatic heterocycles. The lowest BCUT2D eigenvalue weighted by molar-refractivity contribution is 0.547. The Morgan fingerprint density at radius 1 is 1.11 bits per heavy atom. The van der Waals surface area contributed by atoms with Crippen LogP contribution >= 0.6 is 0 Å². The summed E-state index contributed by atoms with van der Waals surface area (Å²) in [6.45, 7) is 0.177. The summed E-state index contributed by atoms with van der Waals surface area (Å²) in [5.41, 5.74) is 0.521. The third kappa shape index (κ3) is 3.67. The van der Waals surface area contributed by atoms with Gasteiger partial charge in [0.1, 0.15) is 4.90 Å². The van der Waals surface area contributed by atoms with Crippen molar-refractivity contribution in [2.75, 3.05) is 6.54 Å². The Morgan fingerprint density at radius 3 is 2.48 bits per heavy atom. The summed E-state index contributed by atoms with van der Waals surface area (Å²) in [7, 11) is -3.68. The predicted octanol–water partition coefficient (Wildman–Crippen LogP) is 0.815. The van der Waals surface area contributed by atoms with Gasteiger partial charge < -0.3 is 0 Å². The Balaban J connectivity index is 1.54. The van der Waals surface area contributed by atoms with Crippen molar-refractivity contribution in [2.24, 2.45) is 0 Å². The van der Waals surface area contributed by atoms with Gasteiger partial charge in [-0.3, -0.25) is 14.5 Å². The first kappa shape index (κ1) is 17.6. The zero-order valence-electron chi connectivity index (χ0n) is 14.4. The quantitative estimate of drug-likeness (QED) is 0.643. The molecule has 27 heavy (non-hydrogen) atoms. The van der Waals surface area contributed by atoms with Gasteiger partial charge in [0, 0.05) is 42.9 Å². The topological polar surface area (TPSA) is 112 Å². The van der Waals surface area contributed by atoms with Crippen molar-refractivity contribution in [1.29, 1.82) is 0 Å². The van der Waals surface area contributed by atoms with Gasteiger partial charge in [-0.2, -0.15) is 0 Å². The van der Waals surface area contributed by atoms with E-state index in [0.29, 0.717) is 5.82 Å². The molecular weight excluding hydrogens is 368 g/mol. The molecule has 1 N–H and O–H groups in total. The molecule has 1 fully saturated rings. The number of pyridine rings is 2. The number of hydrogen-bond acceptors (Lipinski definition) is 6. The van der Waals surface area contributed by atoms with Gasteiger partial charge in [0.25, 0.3) is 0 Å². The van der Waals surface area contributed by atoms with Crippen molar-refractivity contribution in [1.82, 2.24) is 29.0 Å². The molecule has 0 saturated heterocycles. The van der Waals surface area contributed by atoms with Gasteiger partial charge in [-0.1, -0.05) is 0 Å². The highest BCUT2D eigenvalue weighted by Crippen LogP contribution is 2.36. The summed E-state index contributed by atoms with van der Waals surface area (Å²) < 4.78 is 29.9. The smallest absolute Gasteiger partial charge is 0.272 e. The number of nitrogens with one attached hydrogen (secondary N) is 1. The second kappa shape index (κ2) is 7.05. The number of sulfonamides is 1. The van der Waals surface area contributed by atoms with Crippen LogP contribution in [0.25, 0.3) is 11.4 Å². The Bertz CT molecular complexity index is 1090. The van der Waals surface area contributed by atoms with Crippen LogP contribution in [-0.4, -0.2) is 39.3 Å². The minimum Gasteiger partial charge on any atom is -0.272 e. The van der Waals surface area contributed by atoms with E-state index in [1.165, 1.54) is 23.1 Å². The van der Waals surface area contributed by atoms with Crippen LogP contribution in [0, 0.1) is 0 Å². The maximum absolute atomic E-state index is 12.7. The van der Waals surface area contributed by atoms with E-state index in [4.69, 9.17) is 0 Å². The highest BCUT2D eigenvalue weighted by atomic mass is 32.2. The fourth-order valence-corrected chi connectivity index (χ4v) is 3.78. The summed E-state index contributed by atoms with van der Waals surface area (Å²) in [5, 5.41) is 4.41. The molecule has 0 amide bonds. The van der Waals surface area contributed by atoms with E-state index in [2.05, 4.69) is 19.8 Å². The Morgan fingerprint density at radius 2 is 1.85 bits per heavy atom. The standard InChI is InChI=1S/C17H18N6O3S/c24-17-22(10-9-20-27(25,26)15-4-2-8-19-12-15)21-16(23(17)14-5-6-14)13-3-1-7-18-11-13/h1-4,7-8,11-12,14,20H,5-6,9-10H2. The van der Waals surface area contributed by atoms with Crippen molar-refractivity contribution < 1.29 is 8.42 Å². The second-order valence-corrected chi connectivity index (χ2v) is 8.03. The van der Waals surface area contributed by atoms with Crippen LogP contribution in [0.3, 0.4) is 0 Å². The molecule has 3 aromatic rings. The van der Waals surface area contributed by atoms with Crippen LogP contribution in [0.5, 0.6) is 0 Å². The molecule has 0 spiro atoms. The maximum atomic E-state index is 12.7. The summed E-state index contributed by atoms with van der Waals surface area (Å²) in [6, 6.07) is 6.80. The molecule has 0 bridgehead atoms. The average Bonchev–Trinajstić information content (AvgIpc) is 3.47. The normalized spacial score (nSPS) is 14.4. The molecule has 0 aromatic carbocycles. The van der Waals surface area contributed by atoms with Gasteiger partial charge in [-0.25, -0.2) is 22.6 Å². The van der Waals surface area contributed by atoms with Gasteiger partial charge >= 0.3 is 5.69 Å². The van der Waals surface area contributed by atoms with Crippen molar-refractivity contribution in [3.63, 3.8) is 0 Å². The zero-order valence-corrected chi connectivity index (χ0v) is 15.2. The fourth-order valence-electron chi connectivity index (χ4n) is 2.79. The van der Waals surface area contributed by atoms with E-state index in [1.807, 2.05) is 6.07 Å². The predicted molar refractivity (Wildman–Crippen MR) is 97.4 cm³/mol. The zero-order chi connectivity index (χ0) is 18.9. The van der Waals surface area contributed by atoms with Crippen LogP contribution in [-0.2, 0) is 16.6 Å². The van der Waals surface area contributed by atoms with Crippen LogP contribution in [0.1, 0.15) is 18.9 Å². The summed E-state index contributed by atoms with van der Waals surface area (Å²) >= 11 is 0. The van der Waals surface area contributed by atoms with E-state index in [9.17, 15) is 13.2 Å². The average molecular weight is 386 g/mol. The van der Waals surface area contributed by atoms with Gasteiger partial charge in [-0.05, 0) is 37.1 Å². The minimum atomic E-state index is -3.68. The van der Waals surface area contributed by atoms with E-state index < -0.39 is 10.0 Å². The van der Waals surface area contributed by atoms with E-state index in [1.54, 1.807) is 29.1 Å². The van der Waals surface area contributed by atoms with Crippen LogP contribution in [0.4, 0.5) is 0 Å². The largest absolute Gasteiger partial charge is 0.346 e. The van der Waals surface area contributed by atoms with Gasteiger partial charge in [-0.15, -0.1) is 5.10 Å². The monoisotopic (exact) mass is 386 g/mol. The maximum Gasteiger partial charge on any atom is 0.346 e. The van der Waals surface area contributed by atoms with Crippen LogP contribution in [0.15, 0.2) is 58.7 Å². The first-order valence-corrected chi connectivity index (χ1v) is 10.0. The molecule has 0 radical (unpaired) electrons. The van der Waals surface area contributed by atoms with Gasteiger partial charge in [0.05, 0.1) is 6.54 Å². The summed E-state index contributed by atoms with van der Waals surface area (Å²) in [4.78, 5) is 20.7. The Hall–Kier alpha value is -2.85. The minimum absolute atomic E-state index is 0.0469. The molecule has 10 heteroatoms. The Labute approximate surface area is 155 Å². The van der Waals surface area contributed by atoms with E-state index in [-0.39, 0.29) is 29.7 Å². The molecule has 9 nitrogen and oxygen atoms in total. The molecule has 1 aliphatic carbocycles. The number of hydrogen-bond donors (Lipinski definition) is 1. The van der Waals surface area contributed by atoms with E-state index >= 15 is 0 Å². The number of rotatable bonds is 7. The third-order valence-corrected chi connectivity index (χ3v) is 5.71. The Kier molecular flexibility index (Phi) is 4.58. The van der Waals surface area contributed by atoms with Crippen LogP contribution < -0.4 is 10.4 Å². The molecule has 1 saturated carbocycles. The molecule has 140 valence electrons. The molecule has 3 heterocycles. The van der Waals surface area contributed by atoms with Gasteiger partial charge in [0.2, 0.25) is 10.0 Å². The second-order valence-electron chi connectivity index (χ2n) is 6.26. The lowest BCUT2D eigenvalue weighted by Gasteiger charge is -2.05. The molecule has 1 aliphatic rings. The van der Waals surface area contributed by atoms with Gasteiger partial charge in [0.15, 0.2) is 5.82 Å². The highest BCUT2D eigenvalue weighted by Gasteiger charge is 2.30. The number of aromatic nitrogens is 5. The molecule has 0 unspecified atom stereocenters. The van der Waals surface area contributed by atoms with Crippen LogP contribution in [0.2, 0.25) is 0 Å². The highest BCUT2D eigenvalue weighted by molar-refractivity contribution is 7.89. The molecule has 0 atom stereocenters. The first-order chi connectivity index (χ1) is 13.1. The summed E-state index contributed by atoms with van der Waals surface area (Å²) in [6.07, 6.45) is 7.97. The lowest BCUT2D eigenvalue weighted by Crippen LogP contribution is -2.32. The van der Waals surface area contributed by atoms with Crippen molar-refractivity contribution in [2.45, 2.75) is 30.3 Å². The lowest BCUT2D eigenvalue weighted by atomic mass is 10.3. The van der Waals surface area contributed by atoms with Crippen molar-refractivity contribution in [3.8, 4) is 11.4 Å². The third-order valence-electron chi connectivity index (χ3n) is 4.26. The molecular formula is C17H18N6O3S. The number of nitrogens with zero attached hydrogens (tertiary/aromatic N) is 5. The fraction of sp³-hybridized carbons (Fsp3) is 0.294. The summed E-state index contributed by atoms with van der Waals surface area (Å²) in [5.74, 6) is 0.561. The van der Waals surface area contributed by atoms with E-state index in [0.717, 1.165) is 18.4 Å². The SMILES string of the molecule is O=c1n(CCNS(=O)(=O)c2cccnc2)nc(-c2cccnc2)n1C1CC1. The molecule has 4 rings (SSSR count). The first-order valence-electron chi connectivity index (χ1n) is 8.56. The molecule has 0 aliphatic heterocycles.